The van der Waals surface area contributed by atoms with Gasteiger partial charge in [-0.25, -0.2) is 4.39 Å². The van der Waals surface area contributed by atoms with Crippen molar-refractivity contribution in [2.24, 2.45) is 0 Å². The van der Waals surface area contributed by atoms with Gasteiger partial charge in [-0.2, -0.15) is 0 Å². The quantitative estimate of drug-likeness (QED) is 0.891. The van der Waals surface area contributed by atoms with E-state index in [2.05, 4.69) is 26.1 Å². The Kier molecular flexibility index (Phi) is 9.17. The molecule has 1 fully saturated rings. The van der Waals surface area contributed by atoms with E-state index in [9.17, 15) is 4.39 Å². The Bertz CT molecular complexity index is 349. The molecule has 0 aliphatic carbocycles. The van der Waals surface area contributed by atoms with Crippen LogP contribution in [-0.2, 0) is 0 Å². The zero-order valence-electron chi connectivity index (χ0n) is 9.94. The first-order valence-electron chi connectivity index (χ1n) is 5.57. The van der Waals surface area contributed by atoms with Crippen LogP contribution in [0.1, 0.15) is 11.6 Å². The Hall–Kier alpha value is 0.130. The van der Waals surface area contributed by atoms with Crippen LogP contribution in [-0.4, -0.2) is 37.8 Å². The summed E-state index contributed by atoms with van der Waals surface area (Å²) in [7, 11) is 0. The van der Waals surface area contributed by atoms with Crippen LogP contribution in [0.3, 0.4) is 0 Å². The molecule has 1 atom stereocenters. The lowest BCUT2D eigenvalue weighted by atomic mass is 10.1. The standard InChI is InChI=1S/C12H16BrFN2.2ClH/c13-11-3-1-2-10(8-11)12(9-14)16-6-4-15-5-7-16;;/h1-3,8,12,15H,4-7,9H2;2*1H/t12-;;/m1../s1. The topological polar surface area (TPSA) is 15.3 Å². The van der Waals surface area contributed by atoms with Gasteiger partial charge < -0.3 is 5.32 Å². The van der Waals surface area contributed by atoms with Crippen molar-refractivity contribution >= 4 is 40.7 Å². The van der Waals surface area contributed by atoms with Gasteiger partial charge in [0.15, 0.2) is 0 Å². The van der Waals surface area contributed by atoms with E-state index in [0.717, 1.165) is 36.2 Å². The highest BCUT2D eigenvalue weighted by Crippen LogP contribution is 2.24. The minimum Gasteiger partial charge on any atom is -0.314 e. The number of hydrogen-bond acceptors (Lipinski definition) is 2. The highest BCUT2D eigenvalue weighted by Gasteiger charge is 2.21. The third-order valence-corrected chi connectivity index (χ3v) is 3.47. The molecular weight excluding hydrogens is 342 g/mol. The predicted octanol–water partition coefficient (Wildman–Crippen LogP) is 3.21. The van der Waals surface area contributed by atoms with Crippen LogP contribution in [0.15, 0.2) is 28.7 Å². The van der Waals surface area contributed by atoms with Gasteiger partial charge in [0.05, 0.1) is 6.04 Å². The first-order valence-corrected chi connectivity index (χ1v) is 6.37. The highest BCUT2D eigenvalue weighted by atomic mass is 79.9. The lowest BCUT2D eigenvalue weighted by Crippen LogP contribution is -2.45. The molecule has 0 amide bonds. The zero-order chi connectivity index (χ0) is 11.4. The van der Waals surface area contributed by atoms with E-state index in [-0.39, 0.29) is 37.5 Å². The fourth-order valence-electron chi connectivity index (χ4n) is 2.11. The number of nitrogens with zero attached hydrogens (tertiary/aromatic N) is 1. The van der Waals surface area contributed by atoms with E-state index in [0.29, 0.717) is 0 Å². The van der Waals surface area contributed by atoms with Crippen molar-refractivity contribution in [1.29, 1.82) is 0 Å². The molecule has 0 spiro atoms. The van der Waals surface area contributed by atoms with Crippen LogP contribution < -0.4 is 5.32 Å². The molecule has 1 N–H and O–H groups in total. The van der Waals surface area contributed by atoms with Gasteiger partial charge in [-0.3, -0.25) is 4.90 Å². The van der Waals surface area contributed by atoms with Crippen molar-refractivity contribution in [2.75, 3.05) is 32.9 Å². The molecule has 1 aromatic rings. The molecule has 104 valence electrons. The van der Waals surface area contributed by atoms with E-state index in [1.807, 2.05) is 24.3 Å². The fourth-order valence-corrected chi connectivity index (χ4v) is 2.52. The Morgan fingerprint density at radius 1 is 1.28 bits per heavy atom. The lowest BCUT2D eigenvalue weighted by molar-refractivity contribution is 0.147. The highest BCUT2D eigenvalue weighted by molar-refractivity contribution is 9.10. The summed E-state index contributed by atoms with van der Waals surface area (Å²) in [6, 6.07) is 7.84. The zero-order valence-corrected chi connectivity index (χ0v) is 13.2. The molecular formula is C12H18BrCl2FN2. The summed E-state index contributed by atoms with van der Waals surface area (Å²) in [6.07, 6.45) is 0. The summed E-state index contributed by atoms with van der Waals surface area (Å²) in [5.74, 6) is 0. The maximum Gasteiger partial charge on any atom is 0.109 e. The van der Waals surface area contributed by atoms with Gasteiger partial charge in [0, 0.05) is 30.7 Å². The second-order valence-corrected chi connectivity index (χ2v) is 4.93. The Morgan fingerprint density at radius 3 is 2.50 bits per heavy atom. The largest absolute Gasteiger partial charge is 0.314 e. The molecule has 0 bridgehead atoms. The summed E-state index contributed by atoms with van der Waals surface area (Å²) >= 11 is 3.43. The first-order chi connectivity index (χ1) is 7.81. The van der Waals surface area contributed by atoms with Crippen LogP contribution in [0.4, 0.5) is 4.39 Å². The van der Waals surface area contributed by atoms with Crippen LogP contribution in [0.25, 0.3) is 0 Å². The number of rotatable bonds is 3. The second-order valence-electron chi connectivity index (χ2n) is 4.01. The van der Waals surface area contributed by atoms with Crippen molar-refractivity contribution < 1.29 is 4.39 Å². The van der Waals surface area contributed by atoms with Gasteiger partial charge in [0.1, 0.15) is 6.67 Å². The fraction of sp³-hybridized carbons (Fsp3) is 0.500. The van der Waals surface area contributed by atoms with Crippen LogP contribution in [0.5, 0.6) is 0 Å². The van der Waals surface area contributed by atoms with Crippen molar-refractivity contribution in [3.63, 3.8) is 0 Å². The maximum atomic E-state index is 13.2. The number of benzene rings is 1. The van der Waals surface area contributed by atoms with Gasteiger partial charge in [0.2, 0.25) is 0 Å². The molecule has 1 saturated heterocycles. The number of piperazine rings is 1. The molecule has 0 saturated carbocycles. The normalized spacial score (nSPS) is 17.4. The van der Waals surface area contributed by atoms with Gasteiger partial charge in [-0.05, 0) is 17.7 Å². The number of halogens is 4. The summed E-state index contributed by atoms with van der Waals surface area (Å²) < 4.78 is 14.2. The monoisotopic (exact) mass is 358 g/mol. The van der Waals surface area contributed by atoms with E-state index >= 15 is 0 Å². The smallest absolute Gasteiger partial charge is 0.109 e. The molecule has 18 heavy (non-hydrogen) atoms. The molecule has 0 radical (unpaired) electrons. The third kappa shape index (κ3) is 4.67. The maximum absolute atomic E-state index is 13.2. The molecule has 1 heterocycles. The van der Waals surface area contributed by atoms with Crippen LogP contribution in [0, 0.1) is 0 Å². The molecule has 1 aliphatic rings. The SMILES string of the molecule is Cl.Cl.FC[C@H](c1cccc(Br)c1)N1CCNCC1. The van der Waals surface area contributed by atoms with Crippen molar-refractivity contribution in [3.05, 3.63) is 34.3 Å². The summed E-state index contributed by atoms with van der Waals surface area (Å²) in [5.41, 5.74) is 1.05. The lowest BCUT2D eigenvalue weighted by Gasteiger charge is -2.33. The molecule has 0 unspecified atom stereocenters. The van der Waals surface area contributed by atoms with Gasteiger partial charge in [-0.15, -0.1) is 24.8 Å². The predicted molar refractivity (Wildman–Crippen MR) is 81.8 cm³/mol. The molecule has 0 aromatic heterocycles. The average molecular weight is 360 g/mol. The van der Waals surface area contributed by atoms with Crippen molar-refractivity contribution in [2.45, 2.75) is 6.04 Å². The summed E-state index contributed by atoms with van der Waals surface area (Å²) in [5, 5.41) is 3.28. The number of hydrogen-bond donors (Lipinski definition) is 1. The van der Waals surface area contributed by atoms with Crippen molar-refractivity contribution in [1.82, 2.24) is 10.2 Å². The summed E-state index contributed by atoms with van der Waals surface area (Å²) in [6.45, 7) is 3.41. The number of nitrogens with one attached hydrogen (secondary N) is 1. The summed E-state index contributed by atoms with van der Waals surface area (Å²) in [4.78, 5) is 2.21. The van der Waals surface area contributed by atoms with Gasteiger partial charge >= 0.3 is 0 Å². The van der Waals surface area contributed by atoms with E-state index in [4.69, 9.17) is 0 Å². The minimum atomic E-state index is -0.323. The molecule has 2 rings (SSSR count). The van der Waals surface area contributed by atoms with E-state index in [1.165, 1.54) is 0 Å². The van der Waals surface area contributed by atoms with Crippen LogP contribution in [0.2, 0.25) is 0 Å². The second kappa shape index (κ2) is 9.10. The average Bonchev–Trinajstić information content (AvgIpc) is 2.31. The Labute approximate surface area is 128 Å². The van der Waals surface area contributed by atoms with E-state index < -0.39 is 0 Å². The molecule has 1 aliphatic heterocycles. The Balaban J connectivity index is 0.00000144. The molecule has 6 heteroatoms. The number of alkyl halides is 1. The van der Waals surface area contributed by atoms with E-state index in [1.54, 1.807) is 0 Å². The molecule has 1 aromatic carbocycles. The Morgan fingerprint density at radius 2 is 1.94 bits per heavy atom. The van der Waals surface area contributed by atoms with Crippen molar-refractivity contribution in [3.8, 4) is 0 Å². The van der Waals surface area contributed by atoms with Crippen LogP contribution >= 0.6 is 40.7 Å². The third-order valence-electron chi connectivity index (χ3n) is 2.97. The first kappa shape index (κ1) is 18.1. The molecule has 2 nitrogen and oxygen atoms in total. The van der Waals surface area contributed by atoms with Gasteiger partial charge in [0.25, 0.3) is 0 Å². The van der Waals surface area contributed by atoms with Gasteiger partial charge in [-0.1, -0.05) is 28.1 Å². The minimum absolute atomic E-state index is 0.